The Morgan fingerprint density at radius 2 is 1.74 bits per heavy atom. The summed E-state index contributed by atoms with van der Waals surface area (Å²) in [6.07, 6.45) is 1.33. The molecule has 0 unspecified atom stereocenters. The summed E-state index contributed by atoms with van der Waals surface area (Å²) in [5.74, 6) is 1.48. The van der Waals surface area contributed by atoms with Crippen molar-refractivity contribution in [3.63, 3.8) is 0 Å². The summed E-state index contributed by atoms with van der Waals surface area (Å²) in [7, 11) is 0. The van der Waals surface area contributed by atoms with Crippen LogP contribution in [0.3, 0.4) is 0 Å². The first kappa shape index (κ1) is 17.5. The number of aromatic nitrogens is 2. The summed E-state index contributed by atoms with van der Waals surface area (Å²) in [5.41, 5.74) is 4.11. The highest BCUT2D eigenvalue weighted by molar-refractivity contribution is 5.66. The van der Waals surface area contributed by atoms with Gasteiger partial charge in [0.15, 0.2) is 0 Å². The van der Waals surface area contributed by atoms with Crippen molar-refractivity contribution in [2.75, 3.05) is 23.3 Å². The molecule has 2 heterocycles. The Kier molecular flexibility index (Phi) is 5.03. The van der Waals surface area contributed by atoms with Gasteiger partial charge in [0, 0.05) is 30.4 Å². The fourth-order valence-corrected chi connectivity index (χ4v) is 3.36. The molecule has 2 N–H and O–H groups in total. The number of anilines is 3. The third-order valence-corrected chi connectivity index (χ3v) is 4.84. The molecule has 5 heteroatoms. The Labute approximate surface area is 159 Å². The summed E-state index contributed by atoms with van der Waals surface area (Å²) < 4.78 is 0. The number of aryl methyl sites for hydroxylation is 1. The number of rotatable bonds is 4. The Morgan fingerprint density at radius 3 is 2.48 bits per heavy atom. The van der Waals surface area contributed by atoms with Crippen LogP contribution < -0.4 is 10.2 Å². The largest absolute Gasteiger partial charge is 0.393 e. The summed E-state index contributed by atoms with van der Waals surface area (Å²) in [6, 6.07) is 20.4. The first-order valence-electron chi connectivity index (χ1n) is 9.38. The Morgan fingerprint density at radius 1 is 0.963 bits per heavy atom. The average Bonchev–Trinajstić information content (AvgIpc) is 2.69. The van der Waals surface area contributed by atoms with E-state index in [0.717, 1.165) is 48.7 Å². The number of benzene rings is 2. The molecule has 1 saturated heterocycles. The van der Waals surface area contributed by atoms with Crippen LogP contribution in [0.2, 0.25) is 0 Å². The van der Waals surface area contributed by atoms with Crippen LogP contribution in [0.5, 0.6) is 0 Å². The van der Waals surface area contributed by atoms with Crippen molar-refractivity contribution in [3.05, 3.63) is 66.2 Å². The van der Waals surface area contributed by atoms with Gasteiger partial charge in [0.2, 0.25) is 5.95 Å². The van der Waals surface area contributed by atoms with E-state index in [1.54, 1.807) is 0 Å². The molecule has 1 aliphatic rings. The minimum absolute atomic E-state index is 0.207. The zero-order chi connectivity index (χ0) is 18.6. The molecule has 0 atom stereocenters. The van der Waals surface area contributed by atoms with Gasteiger partial charge in [-0.3, -0.25) is 0 Å². The lowest BCUT2D eigenvalue weighted by atomic mass is 10.1. The first-order valence-corrected chi connectivity index (χ1v) is 9.38. The number of nitrogens with one attached hydrogen (secondary N) is 1. The van der Waals surface area contributed by atoms with Crippen LogP contribution in [0.1, 0.15) is 18.4 Å². The maximum atomic E-state index is 9.81. The van der Waals surface area contributed by atoms with E-state index in [4.69, 9.17) is 9.97 Å². The van der Waals surface area contributed by atoms with Crippen LogP contribution in [0.15, 0.2) is 60.7 Å². The highest BCUT2D eigenvalue weighted by atomic mass is 16.3. The van der Waals surface area contributed by atoms with Gasteiger partial charge in [0.1, 0.15) is 5.82 Å². The van der Waals surface area contributed by atoms with Gasteiger partial charge in [0.05, 0.1) is 11.8 Å². The van der Waals surface area contributed by atoms with E-state index in [-0.39, 0.29) is 6.10 Å². The van der Waals surface area contributed by atoms with Crippen LogP contribution in [-0.4, -0.2) is 34.3 Å². The molecule has 4 rings (SSSR count). The monoisotopic (exact) mass is 360 g/mol. The quantitative estimate of drug-likeness (QED) is 0.732. The number of aliphatic hydroxyl groups excluding tert-OH is 1. The molecule has 0 bridgehead atoms. The minimum atomic E-state index is -0.207. The number of nitrogens with zero attached hydrogens (tertiary/aromatic N) is 3. The predicted molar refractivity (Wildman–Crippen MR) is 109 cm³/mol. The first-order chi connectivity index (χ1) is 13.2. The third-order valence-electron chi connectivity index (χ3n) is 4.84. The van der Waals surface area contributed by atoms with Gasteiger partial charge in [0.25, 0.3) is 0 Å². The molecule has 0 spiro atoms. The van der Waals surface area contributed by atoms with Gasteiger partial charge in [-0.05, 0) is 37.5 Å². The van der Waals surface area contributed by atoms with Gasteiger partial charge in [-0.1, -0.05) is 42.5 Å². The molecular weight excluding hydrogens is 336 g/mol. The zero-order valence-corrected chi connectivity index (χ0v) is 15.5. The van der Waals surface area contributed by atoms with Gasteiger partial charge >= 0.3 is 0 Å². The van der Waals surface area contributed by atoms with Crippen molar-refractivity contribution in [2.45, 2.75) is 25.9 Å². The molecule has 1 aliphatic heterocycles. The zero-order valence-electron chi connectivity index (χ0n) is 15.5. The lowest BCUT2D eigenvalue weighted by Crippen LogP contribution is -2.36. The number of aliphatic hydroxyl groups is 1. The Bertz CT molecular complexity index is 905. The fourth-order valence-electron chi connectivity index (χ4n) is 3.36. The molecule has 0 aliphatic carbocycles. The summed E-state index contributed by atoms with van der Waals surface area (Å²) >= 11 is 0. The van der Waals surface area contributed by atoms with Crippen LogP contribution in [0.25, 0.3) is 11.3 Å². The molecule has 1 aromatic heterocycles. The maximum absolute atomic E-state index is 9.81. The normalized spacial score (nSPS) is 15.0. The molecule has 138 valence electrons. The van der Waals surface area contributed by atoms with E-state index in [9.17, 15) is 5.11 Å². The van der Waals surface area contributed by atoms with Gasteiger partial charge < -0.3 is 15.3 Å². The fraction of sp³-hybridized carbons (Fsp3) is 0.273. The van der Waals surface area contributed by atoms with Crippen LogP contribution >= 0.6 is 0 Å². The smallest absolute Gasteiger partial charge is 0.229 e. The lowest BCUT2D eigenvalue weighted by Gasteiger charge is -2.30. The average molecular weight is 360 g/mol. The van der Waals surface area contributed by atoms with Crippen LogP contribution in [0, 0.1) is 6.92 Å². The number of piperidine rings is 1. The van der Waals surface area contributed by atoms with Crippen molar-refractivity contribution >= 4 is 17.5 Å². The van der Waals surface area contributed by atoms with Gasteiger partial charge in [-0.15, -0.1) is 0 Å². The third kappa shape index (κ3) is 4.26. The minimum Gasteiger partial charge on any atom is -0.393 e. The second-order valence-corrected chi connectivity index (χ2v) is 7.01. The van der Waals surface area contributed by atoms with E-state index in [1.807, 2.05) is 36.4 Å². The predicted octanol–water partition coefficient (Wildman–Crippen LogP) is 4.16. The van der Waals surface area contributed by atoms with Crippen molar-refractivity contribution in [1.82, 2.24) is 9.97 Å². The molecule has 1 fully saturated rings. The van der Waals surface area contributed by atoms with Crippen molar-refractivity contribution < 1.29 is 5.11 Å². The highest BCUT2D eigenvalue weighted by Gasteiger charge is 2.20. The van der Waals surface area contributed by atoms with Crippen molar-refractivity contribution in [3.8, 4) is 11.3 Å². The van der Waals surface area contributed by atoms with E-state index < -0.39 is 0 Å². The summed E-state index contributed by atoms with van der Waals surface area (Å²) in [4.78, 5) is 11.7. The molecular formula is C22H24N4O. The van der Waals surface area contributed by atoms with Gasteiger partial charge in [-0.25, -0.2) is 4.98 Å². The molecule has 3 aromatic rings. The van der Waals surface area contributed by atoms with Gasteiger partial charge in [-0.2, -0.15) is 4.98 Å². The highest BCUT2D eigenvalue weighted by Crippen LogP contribution is 2.27. The second-order valence-electron chi connectivity index (χ2n) is 7.01. The molecule has 0 radical (unpaired) electrons. The lowest BCUT2D eigenvalue weighted by molar-refractivity contribution is 0.145. The van der Waals surface area contributed by atoms with Crippen molar-refractivity contribution in [1.29, 1.82) is 0 Å². The van der Waals surface area contributed by atoms with Crippen LogP contribution in [0.4, 0.5) is 17.5 Å². The van der Waals surface area contributed by atoms with Crippen molar-refractivity contribution in [2.24, 2.45) is 0 Å². The van der Waals surface area contributed by atoms with E-state index in [1.165, 1.54) is 5.56 Å². The Hall–Kier alpha value is -2.92. The standard InChI is InChI=1S/C22H24N4O/c1-16-6-5-9-18(14-16)23-22-24-20(17-7-3-2-4-8-17)15-21(25-22)26-12-10-19(27)11-13-26/h2-9,14-15,19,27H,10-13H2,1H3,(H,23,24,25). The molecule has 0 saturated carbocycles. The summed E-state index contributed by atoms with van der Waals surface area (Å²) in [5, 5.41) is 13.2. The molecule has 2 aromatic carbocycles. The molecule has 27 heavy (non-hydrogen) atoms. The Balaban J connectivity index is 1.70. The van der Waals surface area contributed by atoms with E-state index >= 15 is 0 Å². The second kappa shape index (κ2) is 7.76. The number of hydrogen-bond acceptors (Lipinski definition) is 5. The van der Waals surface area contributed by atoms with E-state index in [0.29, 0.717) is 5.95 Å². The van der Waals surface area contributed by atoms with Crippen LogP contribution in [-0.2, 0) is 0 Å². The van der Waals surface area contributed by atoms with E-state index in [2.05, 4.69) is 41.4 Å². The topological polar surface area (TPSA) is 61.3 Å². The summed E-state index contributed by atoms with van der Waals surface area (Å²) in [6.45, 7) is 3.67. The molecule has 0 amide bonds. The number of hydrogen-bond donors (Lipinski definition) is 2. The molecule has 5 nitrogen and oxygen atoms in total. The maximum Gasteiger partial charge on any atom is 0.229 e. The SMILES string of the molecule is Cc1cccc(Nc2nc(-c3ccccc3)cc(N3CCC(O)CC3)n2)c1.